The molecule has 0 fully saturated rings. The molecule has 6 aromatic carbocycles. The maximum Gasteiger partial charge on any atom is 0.251 e. The highest BCUT2D eigenvalue weighted by Crippen LogP contribution is 2.47. The summed E-state index contributed by atoms with van der Waals surface area (Å²) in [6, 6.07) is 50.3. The Hall–Kier alpha value is -4.82. The van der Waals surface area contributed by atoms with Crippen LogP contribution in [0, 0.1) is 0 Å². The van der Waals surface area contributed by atoms with Crippen molar-refractivity contribution in [3.8, 4) is 56.0 Å². The number of para-hydroxylation sites is 2. The van der Waals surface area contributed by atoms with Crippen LogP contribution in [-0.4, -0.2) is 6.71 Å². The molecule has 2 heteroatoms. The summed E-state index contributed by atoms with van der Waals surface area (Å²) < 4.78 is 6.39. The molecule has 0 bridgehead atoms. The first-order valence-corrected chi connectivity index (χ1v) is 13.2. The summed E-state index contributed by atoms with van der Waals surface area (Å²) >= 11 is 0. The molecule has 0 saturated heterocycles. The van der Waals surface area contributed by atoms with Crippen LogP contribution in [0.5, 0.6) is 11.5 Å². The molecule has 0 unspecified atom stereocenters. The number of rotatable bonds is 1. The molecule has 0 aromatic heterocycles. The number of ether oxygens (including phenoxy) is 1. The Morgan fingerprint density at radius 2 is 0.684 bits per heavy atom. The summed E-state index contributed by atoms with van der Waals surface area (Å²) in [4.78, 5) is 0. The van der Waals surface area contributed by atoms with Crippen molar-refractivity contribution in [2.45, 2.75) is 0 Å². The van der Waals surface area contributed by atoms with E-state index in [-0.39, 0.29) is 6.71 Å². The third-order valence-corrected chi connectivity index (χ3v) is 8.01. The Bertz CT molecular complexity index is 1820. The highest BCUT2D eigenvalue weighted by atomic mass is 16.5. The number of benzene rings is 6. The van der Waals surface area contributed by atoms with E-state index in [4.69, 9.17) is 4.74 Å². The van der Waals surface area contributed by atoms with E-state index in [2.05, 4.69) is 140 Å². The van der Waals surface area contributed by atoms with Crippen molar-refractivity contribution in [2.75, 3.05) is 0 Å². The van der Waals surface area contributed by atoms with Gasteiger partial charge in [0.05, 0.1) is 0 Å². The van der Waals surface area contributed by atoms with E-state index in [0.717, 1.165) is 11.5 Å². The van der Waals surface area contributed by atoms with Crippen LogP contribution in [0.15, 0.2) is 140 Å². The van der Waals surface area contributed by atoms with Crippen LogP contribution in [0.1, 0.15) is 0 Å². The Morgan fingerprint density at radius 3 is 1.24 bits per heavy atom. The van der Waals surface area contributed by atoms with Crippen LogP contribution in [0.4, 0.5) is 0 Å². The lowest BCUT2D eigenvalue weighted by atomic mass is 9.35. The minimum atomic E-state index is 0.0565. The van der Waals surface area contributed by atoms with Crippen LogP contribution >= 0.6 is 0 Å². The molecule has 1 aliphatic heterocycles. The smallest absolute Gasteiger partial charge is 0.251 e. The number of fused-ring (bicyclic) bond motifs is 10. The van der Waals surface area contributed by atoms with Crippen molar-refractivity contribution in [2.24, 2.45) is 0 Å². The first-order chi connectivity index (χ1) is 18.9. The zero-order valence-electron chi connectivity index (χ0n) is 20.8. The average Bonchev–Trinajstić information content (AvgIpc) is 2.99. The number of hydrogen-bond donors (Lipinski definition) is 0. The molecule has 176 valence electrons. The lowest BCUT2D eigenvalue weighted by Crippen LogP contribution is -2.55. The van der Waals surface area contributed by atoms with Gasteiger partial charge in [-0.2, -0.15) is 0 Å². The van der Waals surface area contributed by atoms with Gasteiger partial charge in [-0.25, -0.2) is 0 Å². The van der Waals surface area contributed by atoms with Gasteiger partial charge in [-0.1, -0.05) is 133 Å². The molecule has 6 aromatic rings. The summed E-state index contributed by atoms with van der Waals surface area (Å²) in [6.07, 6.45) is 0. The molecule has 1 aliphatic carbocycles. The van der Waals surface area contributed by atoms with Gasteiger partial charge in [-0.05, 0) is 67.6 Å². The van der Waals surface area contributed by atoms with Gasteiger partial charge in [0, 0.05) is 0 Å². The standard InChI is InChI=1S/C36H23BO/c1-2-13-25-24(12-1)26-14-3-4-15-28(26)30-18-11-21-33(36(30)29-17-6-5-16-27(25)29)37-31-19-7-9-22-34(31)38-35-23-10-8-20-32(35)37/h1-23H. The van der Waals surface area contributed by atoms with Gasteiger partial charge in [0.1, 0.15) is 11.5 Å². The summed E-state index contributed by atoms with van der Waals surface area (Å²) in [5.74, 6) is 1.86. The maximum absolute atomic E-state index is 6.39. The third kappa shape index (κ3) is 3.07. The summed E-state index contributed by atoms with van der Waals surface area (Å²) in [5, 5.41) is 0. The molecule has 1 heterocycles. The summed E-state index contributed by atoms with van der Waals surface area (Å²) in [5.41, 5.74) is 13.9. The minimum Gasteiger partial charge on any atom is -0.458 e. The zero-order chi connectivity index (χ0) is 25.1. The van der Waals surface area contributed by atoms with E-state index in [1.165, 1.54) is 60.9 Å². The van der Waals surface area contributed by atoms with E-state index in [1.807, 2.05) is 0 Å². The highest BCUT2D eigenvalue weighted by molar-refractivity contribution is 6.97. The first-order valence-electron chi connectivity index (χ1n) is 13.2. The number of hydrogen-bond acceptors (Lipinski definition) is 1. The molecular weight excluding hydrogens is 459 g/mol. The average molecular weight is 482 g/mol. The molecule has 0 saturated carbocycles. The van der Waals surface area contributed by atoms with Gasteiger partial charge in [0.2, 0.25) is 0 Å². The molecule has 0 radical (unpaired) electrons. The predicted octanol–water partition coefficient (Wildman–Crippen LogP) is 7.29. The Morgan fingerprint density at radius 1 is 0.316 bits per heavy atom. The Kier molecular flexibility index (Phi) is 4.68. The highest BCUT2D eigenvalue weighted by Gasteiger charge is 2.35. The molecule has 0 N–H and O–H groups in total. The van der Waals surface area contributed by atoms with Crippen molar-refractivity contribution >= 4 is 23.1 Å². The van der Waals surface area contributed by atoms with Crippen molar-refractivity contribution in [3.63, 3.8) is 0 Å². The van der Waals surface area contributed by atoms with E-state index >= 15 is 0 Å². The van der Waals surface area contributed by atoms with E-state index in [0.29, 0.717) is 0 Å². The predicted molar refractivity (Wildman–Crippen MR) is 159 cm³/mol. The molecule has 8 rings (SSSR count). The van der Waals surface area contributed by atoms with Crippen LogP contribution in [-0.2, 0) is 0 Å². The summed E-state index contributed by atoms with van der Waals surface area (Å²) in [7, 11) is 0. The fourth-order valence-electron chi connectivity index (χ4n) is 6.42. The van der Waals surface area contributed by atoms with Crippen LogP contribution in [0.3, 0.4) is 0 Å². The maximum atomic E-state index is 6.39. The van der Waals surface area contributed by atoms with Gasteiger partial charge in [-0.3, -0.25) is 0 Å². The van der Waals surface area contributed by atoms with Crippen molar-refractivity contribution in [1.29, 1.82) is 0 Å². The quantitative estimate of drug-likeness (QED) is 0.223. The van der Waals surface area contributed by atoms with Crippen LogP contribution in [0.25, 0.3) is 44.5 Å². The van der Waals surface area contributed by atoms with Crippen molar-refractivity contribution in [1.82, 2.24) is 0 Å². The third-order valence-electron chi connectivity index (χ3n) is 8.01. The van der Waals surface area contributed by atoms with Crippen molar-refractivity contribution < 1.29 is 4.74 Å². The molecule has 0 spiro atoms. The second-order valence-electron chi connectivity index (χ2n) is 10.0. The van der Waals surface area contributed by atoms with Gasteiger partial charge in [-0.15, -0.1) is 0 Å². The Balaban J connectivity index is 1.52. The van der Waals surface area contributed by atoms with Gasteiger partial charge >= 0.3 is 0 Å². The first kappa shape index (κ1) is 21.3. The second kappa shape index (κ2) is 8.36. The van der Waals surface area contributed by atoms with Gasteiger partial charge in [0.15, 0.2) is 0 Å². The zero-order valence-corrected chi connectivity index (χ0v) is 20.8. The minimum absolute atomic E-state index is 0.0565. The topological polar surface area (TPSA) is 9.23 Å². The molecule has 38 heavy (non-hydrogen) atoms. The van der Waals surface area contributed by atoms with Crippen LogP contribution < -0.4 is 21.1 Å². The lowest BCUT2D eigenvalue weighted by molar-refractivity contribution is 0.487. The molecule has 2 aliphatic rings. The summed E-state index contributed by atoms with van der Waals surface area (Å²) in [6.45, 7) is 0.0565. The lowest BCUT2D eigenvalue weighted by Gasteiger charge is -2.30. The molecule has 0 amide bonds. The normalized spacial score (nSPS) is 12.4. The fourth-order valence-corrected chi connectivity index (χ4v) is 6.42. The molecule has 1 nitrogen and oxygen atoms in total. The molecule has 0 atom stereocenters. The monoisotopic (exact) mass is 482 g/mol. The van der Waals surface area contributed by atoms with E-state index in [9.17, 15) is 0 Å². The SMILES string of the molecule is c1ccc2c(c1)Oc1ccccc1B2c1cccc2c1-c1ccccc1-c1ccccc1-c1ccccc1-2. The molecular formula is C36H23BO. The van der Waals surface area contributed by atoms with Gasteiger partial charge < -0.3 is 4.74 Å². The Labute approximate surface area is 223 Å². The van der Waals surface area contributed by atoms with Gasteiger partial charge in [0.25, 0.3) is 6.71 Å². The van der Waals surface area contributed by atoms with E-state index in [1.54, 1.807) is 0 Å². The van der Waals surface area contributed by atoms with Crippen LogP contribution in [0.2, 0.25) is 0 Å². The largest absolute Gasteiger partial charge is 0.458 e. The second-order valence-corrected chi connectivity index (χ2v) is 10.0. The van der Waals surface area contributed by atoms with Crippen molar-refractivity contribution in [3.05, 3.63) is 140 Å². The fraction of sp³-hybridized carbons (Fsp3) is 0. The van der Waals surface area contributed by atoms with E-state index < -0.39 is 0 Å².